The maximum absolute atomic E-state index is 12.4. The van der Waals surface area contributed by atoms with Gasteiger partial charge < -0.3 is 10.6 Å². The minimum Gasteiger partial charge on any atom is -0.329 e. The maximum Gasteiger partial charge on any atom is 0.324 e. The van der Waals surface area contributed by atoms with E-state index >= 15 is 0 Å². The van der Waals surface area contributed by atoms with Crippen LogP contribution in [0.1, 0.15) is 21.5 Å². The summed E-state index contributed by atoms with van der Waals surface area (Å²) in [4.78, 5) is 36.7. The molecule has 0 unspecified atom stereocenters. The van der Waals surface area contributed by atoms with Gasteiger partial charge in [-0.2, -0.15) is 0 Å². The molecule has 4 amide bonds. The second-order valence-electron chi connectivity index (χ2n) is 5.75. The van der Waals surface area contributed by atoms with Crippen molar-refractivity contribution < 1.29 is 14.4 Å². The van der Waals surface area contributed by atoms with Crippen molar-refractivity contribution in [2.45, 2.75) is 13.5 Å². The van der Waals surface area contributed by atoms with E-state index in [0.29, 0.717) is 5.56 Å². The predicted octanol–water partition coefficient (Wildman–Crippen LogP) is 2.90. The Labute approximate surface area is 158 Å². The lowest BCUT2D eigenvalue weighted by molar-refractivity contribution is -0.125. The van der Waals surface area contributed by atoms with E-state index in [2.05, 4.69) is 33.2 Å². The SMILES string of the molecule is Cc1cc(I)ccc1NC(=O)c1ccc(CN2C(=O)CNC2=O)cc1. The number of rotatable bonds is 4. The number of carbonyl (C=O) groups is 3. The van der Waals surface area contributed by atoms with E-state index < -0.39 is 0 Å². The van der Waals surface area contributed by atoms with Gasteiger partial charge in [-0.05, 0) is 71.0 Å². The van der Waals surface area contributed by atoms with Crippen molar-refractivity contribution in [1.82, 2.24) is 10.2 Å². The average Bonchev–Trinajstić information content (AvgIpc) is 2.90. The van der Waals surface area contributed by atoms with Gasteiger partial charge in [0.15, 0.2) is 0 Å². The van der Waals surface area contributed by atoms with Crippen LogP contribution in [0.2, 0.25) is 0 Å². The van der Waals surface area contributed by atoms with Crippen LogP contribution < -0.4 is 10.6 Å². The molecule has 6 nitrogen and oxygen atoms in total. The first-order valence-corrected chi connectivity index (χ1v) is 8.76. The topological polar surface area (TPSA) is 78.5 Å². The molecule has 7 heteroatoms. The highest BCUT2D eigenvalue weighted by Crippen LogP contribution is 2.19. The third-order valence-electron chi connectivity index (χ3n) is 3.93. The number of anilines is 1. The number of benzene rings is 2. The van der Waals surface area contributed by atoms with Gasteiger partial charge in [-0.15, -0.1) is 0 Å². The lowest BCUT2D eigenvalue weighted by Gasteiger charge is -2.13. The quantitative estimate of drug-likeness (QED) is 0.557. The number of aryl methyl sites for hydroxylation is 1. The van der Waals surface area contributed by atoms with Gasteiger partial charge in [0.25, 0.3) is 5.91 Å². The number of halogens is 1. The summed E-state index contributed by atoms with van der Waals surface area (Å²) in [5.41, 5.74) is 3.07. The first-order valence-electron chi connectivity index (χ1n) is 7.68. The summed E-state index contributed by atoms with van der Waals surface area (Å²) in [5.74, 6) is -0.452. The molecule has 128 valence electrons. The predicted molar refractivity (Wildman–Crippen MR) is 102 cm³/mol. The highest BCUT2D eigenvalue weighted by Gasteiger charge is 2.28. The minimum atomic E-state index is -0.388. The largest absolute Gasteiger partial charge is 0.329 e. The van der Waals surface area contributed by atoms with Crippen molar-refractivity contribution in [2.24, 2.45) is 0 Å². The van der Waals surface area contributed by atoms with Gasteiger partial charge >= 0.3 is 6.03 Å². The normalized spacial score (nSPS) is 13.8. The van der Waals surface area contributed by atoms with Gasteiger partial charge in [-0.25, -0.2) is 4.79 Å². The van der Waals surface area contributed by atoms with E-state index in [1.807, 2.05) is 25.1 Å². The van der Waals surface area contributed by atoms with Crippen LogP contribution in [0.3, 0.4) is 0 Å². The number of carbonyl (C=O) groups excluding carboxylic acids is 3. The van der Waals surface area contributed by atoms with E-state index in [4.69, 9.17) is 0 Å². The van der Waals surface area contributed by atoms with E-state index in [1.165, 1.54) is 0 Å². The number of nitrogens with zero attached hydrogens (tertiary/aromatic N) is 1. The zero-order valence-corrected chi connectivity index (χ0v) is 15.7. The standard InChI is InChI=1S/C18H16IN3O3/c1-11-8-14(19)6-7-15(11)21-17(24)13-4-2-12(3-5-13)10-22-16(23)9-20-18(22)25/h2-8H,9-10H2,1H3,(H,20,25)(H,21,24). The van der Waals surface area contributed by atoms with Crippen molar-refractivity contribution in [3.63, 3.8) is 0 Å². The molecule has 0 aliphatic carbocycles. The number of amides is 4. The third-order valence-corrected chi connectivity index (χ3v) is 4.60. The van der Waals surface area contributed by atoms with Crippen LogP contribution in [0.25, 0.3) is 0 Å². The summed E-state index contributed by atoms with van der Waals surface area (Å²) >= 11 is 2.22. The Hall–Kier alpha value is -2.42. The van der Waals surface area contributed by atoms with Crippen LogP contribution in [0, 0.1) is 10.5 Å². The monoisotopic (exact) mass is 449 g/mol. The van der Waals surface area contributed by atoms with Gasteiger partial charge in [0, 0.05) is 14.8 Å². The lowest BCUT2D eigenvalue weighted by Crippen LogP contribution is -2.30. The summed E-state index contributed by atoms with van der Waals surface area (Å²) < 4.78 is 1.11. The van der Waals surface area contributed by atoms with Crippen molar-refractivity contribution in [2.75, 3.05) is 11.9 Å². The van der Waals surface area contributed by atoms with Crippen LogP contribution in [0.5, 0.6) is 0 Å². The molecule has 2 aromatic rings. The number of hydrogen-bond donors (Lipinski definition) is 2. The zero-order valence-electron chi connectivity index (χ0n) is 13.5. The van der Waals surface area contributed by atoms with Gasteiger partial charge in [-0.3, -0.25) is 14.5 Å². The fraction of sp³-hybridized carbons (Fsp3) is 0.167. The number of urea groups is 1. The fourth-order valence-electron chi connectivity index (χ4n) is 2.52. The highest BCUT2D eigenvalue weighted by molar-refractivity contribution is 14.1. The number of imide groups is 1. The van der Waals surface area contributed by atoms with Crippen LogP contribution in [0.4, 0.5) is 10.5 Å². The zero-order chi connectivity index (χ0) is 18.0. The summed E-state index contributed by atoms with van der Waals surface area (Å²) in [7, 11) is 0. The van der Waals surface area contributed by atoms with Crippen molar-refractivity contribution in [3.05, 3.63) is 62.7 Å². The van der Waals surface area contributed by atoms with Crippen molar-refractivity contribution in [1.29, 1.82) is 0 Å². The van der Waals surface area contributed by atoms with Crippen molar-refractivity contribution >= 4 is 46.1 Å². The van der Waals surface area contributed by atoms with Gasteiger partial charge in [0.05, 0.1) is 13.1 Å². The Kier molecular flexibility index (Phi) is 5.03. The molecule has 2 N–H and O–H groups in total. The molecule has 0 aromatic heterocycles. The molecule has 1 heterocycles. The molecule has 3 rings (SSSR count). The van der Waals surface area contributed by atoms with E-state index in [1.54, 1.807) is 24.3 Å². The maximum atomic E-state index is 12.4. The Bertz CT molecular complexity index is 833. The molecule has 0 spiro atoms. The summed E-state index contributed by atoms with van der Waals surface area (Å²) in [6.07, 6.45) is 0. The average molecular weight is 449 g/mol. The first-order chi connectivity index (χ1) is 11.9. The third kappa shape index (κ3) is 3.98. The smallest absolute Gasteiger partial charge is 0.324 e. The minimum absolute atomic E-state index is 0.0364. The molecular formula is C18H16IN3O3. The number of hydrogen-bond acceptors (Lipinski definition) is 3. The second-order valence-corrected chi connectivity index (χ2v) is 6.99. The molecule has 1 aliphatic rings. The molecule has 25 heavy (non-hydrogen) atoms. The Morgan fingerprint density at radius 1 is 1.20 bits per heavy atom. The molecule has 0 saturated carbocycles. The lowest BCUT2D eigenvalue weighted by atomic mass is 10.1. The first kappa shape index (κ1) is 17.4. The molecule has 1 aliphatic heterocycles. The molecule has 2 aromatic carbocycles. The Morgan fingerprint density at radius 3 is 2.52 bits per heavy atom. The van der Waals surface area contributed by atoms with Gasteiger partial charge in [-0.1, -0.05) is 12.1 Å². The summed E-state index contributed by atoms with van der Waals surface area (Å²) in [6.45, 7) is 2.18. The summed E-state index contributed by atoms with van der Waals surface area (Å²) in [6, 6.07) is 12.3. The van der Waals surface area contributed by atoms with E-state index in [-0.39, 0.29) is 30.9 Å². The molecule has 0 atom stereocenters. The molecule has 0 bridgehead atoms. The fourth-order valence-corrected chi connectivity index (χ4v) is 3.17. The Balaban J connectivity index is 1.68. The van der Waals surface area contributed by atoms with Crippen LogP contribution in [-0.2, 0) is 11.3 Å². The highest BCUT2D eigenvalue weighted by atomic mass is 127. The van der Waals surface area contributed by atoms with Gasteiger partial charge in [0.1, 0.15) is 0 Å². The van der Waals surface area contributed by atoms with Crippen LogP contribution in [-0.4, -0.2) is 29.3 Å². The second kappa shape index (κ2) is 7.22. The van der Waals surface area contributed by atoms with Crippen LogP contribution in [0.15, 0.2) is 42.5 Å². The molecule has 1 saturated heterocycles. The Morgan fingerprint density at radius 2 is 1.92 bits per heavy atom. The van der Waals surface area contributed by atoms with E-state index in [0.717, 1.165) is 25.3 Å². The van der Waals surface area contributed by atoms with Crippen molar-refractivity contribution in [3.8, 4) is 0 Å². The summed E-state index contributed by atoms with van der Waals surface area (Å²) in [5, 5.41) is 5.37. The molecule has 0 radical (unpaired) electrons. The molecular weight excluding hydrogens is 433 g/mol. The van der Waals surface area contributed by atoms with Gasteiger partial charge in [0.2, 0.25) is 5.91 Å². The van der Waals surface area contributed by atoms with E-state index in [9.17, 15) is 14.4 Å². The number of nitrogens with one attached hydrogen (secondary N) is 2. The van der Waals surface area contributed by atoms with Crippen LogP contribution >= 0.6 is 22.6 Å². The molecule has 1 fully saturated rings.